The number of nitrogens with zero attached hydrogens (tertiary/aromatic N) is 2. The van der Waals surface area contributed by atoms with Gasteiger partial charge in [-0.05, 0) is 30.3 Å². The summed E-state index contributed by atoms with van der Waals surface area (Å²) in [6.45, 7) is 0. The SMILES string of the molecule is Nc1c(-c2cc(F)cc(Cl)c2)nc2ccccn12. The van der Waals surface area contributed by atoms with Gasteiger partial charge in [-0.1, -0.05) is 17.7 Å². The molecular weight excluding hydrogens is 253 g/mol. The summed E-state index contributed by atoms with van der Waals surface area (Å²) in [4.78, 5) is 4.38. The number of benzene rings is 1. The van der Waals surface area contributed by atoms with E-state index in [0.29, 0.717) is 27.7 Å². The zero-order valence-electron chi connectivity index (χ0n) is 9.27. The van der Waals surface area contributed by atoms with E-state index in [4.69, 9.17) is 17.3 Å². The topological polar surface area (TPSA) is 43.3 Å². The molecule has 0 aliphatic heterocycles. The summed E-state index contributed by atoms with van der Waals surface area (Å²) in [6.07, 6.45) is 1.81. The van der Waals surface area contributed by atoms with Crippen molar-refractivity contribution in [1.82, 2.24) is 9.38 Å². The Morgan fingerprint density at radius 3 is 2.78 bits per heavy atom. The molecule has 0 atom stereocenters. The second kappa shape index (κ2) is 3.99. The summed E-state index contributed by atoms with van der Waals surface area (Å²) in [5.41, 5.74) is 7.82. The fraction of sp³-hybridized carbons (Fsp3) is 0. The van der Waals surface area contributed by atoms with Crippen LogP contribution in [-0.4, -0.2) is 9.38 Å². The molecule has 0 saturated heterocycles. The van der Waals surface area contributed by atoms with E-state index >= 15 is 0 Å². The van der Waals surface area contributed by atoms with Crippen molar-refractivity contribution in [2.75, 3.05) is 5.73 Å². The van der Waals surface area contributed by atoms with E-state index in [1.54, 1.807) is 10.5 Å². The number of nitrogen functional groups attached to an aromatic ring is 1. The van der Waals surface area contributed by atoms with E-state index in [9.17, 15) is 4.39 Å². The number of hydrogen-bond acceptors (Lipinski definition) is 2. The Morgan fingerprint density at radius 1 is 1.22 bits per heavy atom. The molecule has 0 radical (unpaired) electrons. The Morgan fingerprint density at radius 2 is 2.06 bits per heavy atom. The molecule has 0 aliphatic carbocycles. The second-order valence-corrected chi connectivity index (χ2v) is 4.37. The van der Waals surface area contributed by atoms with Crippen LogP contribution in [0, 0.1) is 5.82 Å². The minimum Gasteiger partial charge on any atom is -0.383 e. The number of pyridine rings is 1. The predicted octanol–water partition coefficient (Wildman–Crippen LogP) is 3.38. The molecule has 0 spiro atoms. The lowest BCUT2D eigenvalue weighted by Crippen LogP contribution is -1.93. The molecule has 0 amide bonds. The van der Waals surface area contributed by atoms with E-state index < -0.39 is 5.82 Å². The summed E-state index contributed by atoms with van der Waals surface area (Å²) in [5.74, 6) is 0.0567. The van der Waals surface area contributed by atoms with Gasteiger partial charge in [0.15, 0.2) is 0 Å². The second-order valence-electron chi connectivity index (χ2n) is 3.93. The van der Waals surface area contributed by atoms with Crippen LogP contribution in [0.4, 0.5) is 10.2 Å². The fourth-order valence-electron chi connectivity index (χ4n) is 1.92. The van der Waals surface area contributed by atoms with Crippen LogP contribution >= 0.6 is 11.6 Å². The monoisotopic (exact) mass is 261 g/mol. The molecule has 0 aliphatic rings. The number of nitrogens with two attached hydrogens (primary N) is 1. The Hall–Kier alpha value is -2.07. The van der Waals surface area contributed by atoms with E-state index in [-0.39, 0.29) is 0 Å². The fourth-order valence-corrected chi connectivity index (χ4v) is 2.14. The standard InChI is InChI=1S/C13H9ClFN3/c14-9-5-8(6-10(15)7-9)12-13(16)18-4-2-1-3-11(18)17-12/h1-7H,16H2. The van der Waals surface area contributed by atoms with E-state index in [2.05, 4.69) is 4.98 Å². The van der Waals surface area contributed by atoms with Crippen LogP contribution in [0.15, 0.2) is 42.6 Å². The lowest BCUT2D eigenvalue weighted by atomic mass is 10.1. The molecule has 0 saturated carbocycles. The van der Waals surface area contributed by atoms with Crippen molar-refractivity contribution >= 4 is 23.1 Å². The molecule has 18 heavy (non-hydrogen) atoms. The normalized spacial score (nSPS) is 11.0. The van der Waals surface area contributed by atoms with Crippen molar-refractivity contribution in [2.24, 2.45) is 0 Å². The predicted molar refractivity (Wildman–Crippen MR) is 70.0 cm³/mol. The number of hydrogen-bond donors (Lipinski definition) is 1. The number of aromatic nitrogens is 2. The van der Waals surface area contributed by atoms with Crippen LogP contribution in [0.25, 0.3) is 16.9 Å². The van der Waals surface area contributed by atoms with Crippen LogP contribution in [0.2, 0.25) is 5.02 Å². The van der Waals surface area contributed by atoms with Gasteiger partial charge in [0.1, 0.15) is 23.0 Å². The van der Waals surface area contributed by atoms with Crippen LogP contribution in [0.3, 0.4) is 0 Å². The van der Waals surface area contributed by atoms with Gasteiger partial charge >= 0.3 is 0 Å². The molecule has 2 heterocycles. The minimum atomic E-state index is -0.408. The number of fused-ring (bicyclic) bond motifs is 1. The third kappa shape index (κ3) is 1.71. The zero-order valence-corrected chi connectivity index (χ0v) is 10.0. The van der Waals surface area contributed by atoms with Crippen LogP contribution in [-0.2, 0) is 0 Å². The third-order valence-corrected chi connectivity index (χ3v) is 2.92. The highest BCUT2D eigenvalue weighted by Crippen LogP contribution is 2.29. The molecule has 0 unspecified atom stereocenters. The number of halogens is 2. The maximum absolute atomic E-state index is 13.3. The maximum Gasteiger partial charge on any atom is 0.139 e. The number of imidazole rings is 1. The molecule has 90 valence electrons. The van der Waals surface area contributed by atoms with Crippen molar-refractivity contribution in [3.8, 4) is 11.3 Å². The molecule has 2 aromatic heterocycles. The molecule has 5 heteroatoms. The third-order valence-electron chi connectivity index (χ3n) is 2.70. The summed E-state index contributed by atoms with van der Waals surface area (Å²) < 4.78 is 15.1. The Balaban J connectivity index is 2.28. The summed E-state index contributed by atoms with van der Waals surface area (Å²) >= 11 is 5.84. The van der Waals surface area contributed by atoms with Crippen molar-refractivity contribution in [3.05, 3.63) is 53.4 Å². The van der Waals surface area contributed by atoms with E-state index in [1.807, 2.05) is 24.4 Å². The van der Waals surface area contributed by atoms with E-state index in [0.717, 1.165) is 0 Å². The maximum atomic E-state index is 13.3. The van der Waals surface area contributed by atoms with Crippen molar-refractivity contribution in [3.63, 3.8) is 0 Å². The van der Waals surface area contributed by atoms with Gasteiger partial charge in [-0.25, -0.2) is 9.37 Å². The summed E-state index contributed by atoms with van der Waals surface area (Å²) in [6, 6.07) is 9.81. The van der Waals surface area contributed by atoms with Crippen molar-refractivity contribution in [1.29, 1.82) is 0 Å². The van der Waals surface area contributed by atoms with Gasteiger partial charge in [-0.3, -0.25) is 4.40 Å². The van der Waals surface area contributed by atoms with Gasteiger partial charge in [-0.15, -0.1) is 0 Å². The quantitative estimate of drug-likeness (QED) is 0.730. The van der Waals surface area contributed by atoms with Crippen LogP contribution < -0.4 is 5.73 Å². The molecule has 3 aromatic rings. The summed E-state index contributed by atoms with van der Waals surface area (Å²) in [5, 5.41) is 0.321. The van der Waals surface area contributed by atoms with Crippen molar-refractivity contribution in [2.45, 2.75) is 0 Å². The highest BCUT2D eigenvalue weighted by molar-refractivity contribution is 6.30. The highest BCUT2D eigenvalue weighted by atomic mass is 35.5. The molecule has 2 N–H and O–H groups in total. The van der Waals surface area contributed by atoms with E-state index in [1.165, 1.54) is 12.1 Å². The van der Waals surface area contributed by atoms with Gasteiger partial charge < -0.3 is 5.73 Å². The molecule has 3 rings (SSSR count). The number of rotatable bonds is 1. The Labute approximate surface area is 108 Å². The van der Waals surface area contributed by atoms with Crippen LogP contribution in [0.1, 0.15) is 0 Å². The van der Waals surface area contributed by atoms with Crippen molar-refractivity contribution < 1.29 is 4.39 Å². The molecule has 3 nitrogen and oxygen atoms in total. The molecule has 1 aromatic carbocycles. The molecule has 0 fully saturated rings. The lowest BCUT2D eigenvalue weighted by Gasteiger charge is -2.00. The van der Waals surface area contributed by atoms with Crippen LogP contribution in [0.5, 0.6) is 0 Å². The largest absolute Gasteiger partial charge is 0.383 e. The lowest BCUT2D eigenvalue weighted by molar-refractivity contribution is 0.628. The van der Waals surface area contributed by atoms with Gasteiger partial charge in [0.05, 0.1) is 0 Å². The molecular formula is C13H9ClFN3. The van der Waals surface area contributed by atoms with Gasteiger partial charge in [-0.2, -0.15) is 0 Å². The first-order valence-electron chi connectivity index (χ1n) is 5.34. The Bertz CT molecular complexity index is 716. The van der Waals surface area contributed by atoms with Gasteiger partial charge in [0.25, 0.3) is 0 Å². The first-order chi connectivity index (χ1) is 8.65. The molecule has 0 bridgehead atoms. The average Bonchev–Trinajstić information content (AvgIpc) is 2.66. The Kier molecular flexibility index (Phi) is 2.45. The van der Waals surface area contributed by atoms with Gasteiger partial charge in [0.2, 0.25) is 0 Å². The first-order valence-corrected chi connectivity index (χ1v) is 5.72. The summed E-state index contributed by atoms with van der Waals surface area (Å²) in [7, 11) is 0. The van der Waals surface area contributed by atoms with Gasteiger partial charge in [0, 0.05) is 16.8 Å². The average molecular weight is 262 g/mol. The highest BCUT2D eigenvalue weighted by Gasteiger charge is 2.12. The number of anilines is 1. The smallest absolute Gasteiger partial charge is 0.139 e. The first kappa shape index (κ1) is 11.0. The zero-order chi connectivity index (χ0) is 12.7. The minimum absolute atomic E-state index is 0.321.